The molecule has 0 saturated carbocycles. The first-order valence-corrected chi connectivity index (χ1v) is 4.07. The Kier molecular flexibility index (Phi) is 23.2. The topological polar surface area (TPSA) is 24.1 Å². The van der Waals surface area contributed by atoms with Crippen molar-refractivity contribution < 1.29 is 19.5 Å². The van der Waals surface area contributed by atoms with Crippen LogP contribution in [0.4, 0.5) is 0 Å². The molecule has 0 rings (SSSR count). The van der Waals surface area contributed by atoms with E-state index in [1.807, 2.05) is 0 Å². The molecule has 0 saturated heterocycles. The molecule has 7 heteroatoms. The second kappa shape index (κ2) is 14.0. The molecule has 2 nitrogen and oxygen atoms in total. The first-order valence-electron chi connectivity index (χ1n) is 2.36. The van der Waals surface area contributed by atoms with Crippen molar-refractivity contribution in [1.29, 1.82) is 0 Å². The molecule has 0 aromatic rings. The number of thiol groups is 2. The van der Waals surface area contributed by atoms with Gasteiger partial charge in [0.2, 0.25) is 0 Å². The summed E-state index contributed by atoms with van der Waals surface area (Å²) in [5, 5.41) is 5.25. The minimum absolute atomic E-state index is 0. The molecule has 0 aromatic heterocycles. The average Bonchev–Trinajstić information content (AvgIpc) is 1.89. The third-order valence-corrected chi connectivity index (χ3v) is 1.28. The molecule has 0 unspecified atom stereocenters. The molecule has 0 atom stereocenters. The Bertz CT molecular complexity index is 105. The fourth-order valence-electron chi connectivity index (χ4n) is 0. The van der Waals surface area contributed by atoms with Crippen molar-refractivity contribution in [3.8, 4) is 0 Å². The summed E-state index contributed by atoms with van der Waals surface area (Å²) in [6.07, 6.45) is 0. The maximum atomic E-state index is 4.45. The molecule has 11 heavy (non-hydrogen) atoms. The molecule has 0 spiro atoms. The standard InChI is InChI=1S/2C2H5NS2.Zn/c2*1-3-2(4)5;/h2*1H3,(H2,3,4,5);/q;;+2. The molecule has 0 amide bonds. The minimum Gasteiger partial charge on any atom is -0.680 e. The Balaban J connectivity index is -0.000000107. The van der Waals surface area contributed by atoms with Gasteiger partial charge in [0.25, 0.3) is 0 Å². The van der Waals surface area contributed by atoms with Crippen LogP contribution in [-0.2, 0) is 69.2 Å². The van der Waals surface area contributed by atoms with Crippen molar-refractivity contribution >= 4 is 58.3 Å². The van der Waals surface area contributed by atoms with Gasteiger partial charge in [-0.05, 0) is 14.1 Å². The molecule has 60 valence electrons. The van der Waals surface area contributed by atoms with Gasteiger partial charge in [0.15, 0.2) is 0 Å². The van der Waals surface area contributed by atoms with Gasteiger partial charge >= 0.3 is 19.5 Å². The predicted octanol–water partition coefficient (Wildman–Crippen LogP) is -1.76. The normalized spacial score (nSPS) is 6.91. The average molecular weight is 280 g/mol. The SMILES string of the molecule is CNC([S-])=[SH+].CNC([S-])=[SH+].[Zn+2]. The summed E-state index contributed by atoms with van der Waals surface area (Å²) in [5.41, 5.74) is 0. The molecule has 0 fully saturated rings. The maximum absolute atomic E-state index is 4.45. The molecule has 0 bridgehead atoms. The zero-order chi connectivity index (χ0) is 8.57. The van der Waals surface area contributed by atoms with Crippen LogP contribution in [0.5, 0.6) is 0 Å². The monoisotopic (exact) mass is 278 g/mol. The molecule has 2 N–H and O–H groups in total. The molecule has 0 heterocycles. The molecular weight excluding hydrogens is 270 g/mol. The summed E-state index contributed by atoms with van der Waals surface area (Å²) in [6.45, 7) is 0. The van der Waals surface area contributed by atoms with Crippen LogP contribution in [0.1, 0.15) is 0 Å². The molecule has 0 aliphatic rings. The van der Waals surface area contributed by atoms with E-state index < -0.39 is 0 Å². The van der Waals surface area contributed by atoms with Crippen molar-refractivity contribution in [2.45, 2.75) is 0 Å². The Labute approximate surface area is 102 Å². The Morgan fingerprint density at radius 3 is 1.09 bits per heavy atom. The van der Waals surface area contributed by atoms with Gasteiger partial charge in [0.05, 0.1) is 0 Å². The summed E-state index contributed by atoms with van der Waals surface area (Å²) in [5.74, 6) is 0. The van der Waals surface area contributed by atoms with Gasteiger partial charge in [-0.25, -0.2) is 0 Å². The largest absolute Gasteiger partial charge is 2.00 e. The van der Waals surface area contributed by atoms with E-state index in [0.717, 1.165) is 0 Å². The third kappa shape index (κ3) is 34.5. The molecule has 0 aromatic carbocycles. The minimum atomic E-state index is 0. The van der Waals surface area contributed by atoms with Crippen LogP contribution in [0.3, 0.4) is 0 Å². The van der Waals surface area contributed by atoms with E-state index in [-0.39, 0.29) is 19.5 Å². The second-order valence-electron chi connectivity index (χ2n) is 1.11. The summed E-state index contributed by atoms with van der Waals surface area (Å²) < 4.78 is 1.06. The second-order valence-corrected chi connectivity index (χ2v) is 3.43. The van der Waals surface area contributed by atoms with Gasteiger partial charge in [-0.1, -0.05) is 0 Å². The van der Waals surface area contributed by atoms with Crippen LogP contribution in [0, 0.1) is 0 Å². The van der Waals surface area contributed by atoms with Crippen LogP contribution in [0.25, 0.3) is 0 Å². The quantitative estimate of drug-likeness (QED) is 0.180. The Morgan fingerprint density at radius 1 is 1.00 bits per heavy atom. The molecule has 0 aliphatic heterocycles. The summed E-state index contributed by atoms with van der Waals surface area (Å²) in [4.78, 5) is 0. The van der Waals surface area contributed by atoms with Crippen LogP contribution in [0.15, 0.2) is 0 Å². The number of hydrogen-bond acceptors (Lipinski definition) is 2. The van der Waals surface area contributed by atoms with E-state index in [0.29, 0.717) is 8.64 Å². The van der Waals surface area contributed by atoms with Gasteiger partial charge in [0.1, 0.15) is 33.1 Å². The zero-order valence-corrected chi connectivity index (χ0v) is 12.8. The van der Waals surface area contributed by atoms with Crippen LogP contribution >= 0.6 is 0 Å². The van der Waals surface area contributed by atoms with Crippen molar-refractivity contribution in [3.05, 3.63) is 0 Å². The van der Waals surface area contributed by atoms with Crippen molar-refractivity contribution in [2.24, 2.45) is 0 Å². The van der Waals surface area contributed by atoms with Gasteiger partial charge < -0.3 is 25.3 Å². The van der Waals surface area contributed by atoms with Crippen molar-refractivity contribution in [2.75, 3.05) is 14.1 Å². The van der Waals surface area contributed by atoms with Crippen LogP contribution in [0.2, 0.25) is 0 Å². The Morgan fingerprint density at radius 2 is 1.09 bits per heavy atom. The number of hydrogen-bond donors (Lipinski definition) is 2. The van der Waals surface area contributed by atoms with Gasteiger partial charge in [0, 0.05) is 0 Å². The fourth-order valence-corrected chi connectivity index (χ4v) is 0. The molecule has 0 aliphatic carbocycles. The maximum Gasteiger partial charge on any atom is 2.00 e. The third-order valence-electron chi connectivity index (χ3n) is 0.428. The van der Waals surface area contributed by atoms with E-state index in [9.17, 15) is 0 Å². The van der Waals surface area contributed by atoms with E-state index in [4.69, 9.17) is 0 Å². The fraction of sp³-hybridized carbons (Fsp3) is 0.500. The van der Waals surface area contributed by atoms with Crippen molar-refractivity contribution in [1.82, 2.24) is 10.6 Å². The summed E-state index contributed by atoms with van der Waals surface area (Å²) >= 11 is 16.3. The molecule has 0 radical (unpaired) electrons. The van der Waals surface area contributed by atoms with Gasteiger partial charge in [-0.3, -0.25) is 10.6 Å². The van der Waals surface area contributed by atoms with Gasteiger partial charge in [-0.15, -0.1) is 0 Å². The van der Waals surface area contributed by atoms with Gasteiger partial charge in [-0.2, -0.15) is 0 Å². The van der Waals surface area contributed by atoms with Crippen LogP contribution in [-0.4, -0.2) is 22.7 Å². The van der Waals surface area contributed by atoms with E-state index in [1.54, 1.807) is 14.1 Å². The zero-order valence-electron chi connectivity index (χ0n) is 6.42. The smallest absolute Gasteiger partial charge is 0.680 e. The number of nitrogens with one attached hydrogen (secondary N) is 2. The number of rotatable bonds is 0. The van der Waals surface area contributed by atoms with E-state index in [1.165, 1.54) is 0 Å². The van der Waals surface area contributed by atoms with E-state index >= 15 is 0 Å². The predicted molar refractivity (Wildman–Crippen MR) is 60.4 cm³/mol. The Hall–Kier alpha value is 1.42. The summed E-state index contributed by atoms with van der Waals surface area (Å²) in [6, 6.07) is 0. The summed E-state index contributed by atoms with van der Waals surface area (Å²) in [7, 11) is 3.46. The van der Waals surface area contributed by atoms with Crippen molar-refractivity contribution in [3.63, 3.8) is 0 Å². The molecular formula is C4H10N2S4Zn+2. The first-order chi connectivity index (χ1) is 4.54. The van der Waals surface area contributed by atoms with Crippen LogP contribution < -0.4 is 10.6 Å². The first kappa shape index (κ1) is 18.3. The van der Waals surface area contributed by atoms with E-state index in [2.05, 4.69) is 60.3 Å².